The van der Waals surface area contributed by atoms with Gasteiger partial charge in [-0.05, 0) is 50.2 Å². The summed E-state index contributed by atoms with van der Waals surface area (Å²) in [6.07, 6.45) is 4.18. The van der Waals surface area contributed by atoms with Crippen molar-refractivity contribution in [3.63, 3.8) is 0 Å². The Morgan fingerprint density at radius 3 is 2.95 bits per heavy atom. The number of aromatic nitrogens is 1. The van der Waals surface area contributed by atoms with Gasteiger partial charge in [0, 0.05) is 23.1 Å². The van der Waals surface area contributed by atoms with Crippen LogP contribution in [0, 0.1) is 5.92 Å². The molecule has 5 heterocycles. The van der Waals surface area contributed by atoms with Gasteiger partial charge in [-0.1, -0.05) is 6.07 Å². The third-order valence-electron chi connectivity index (χ3n) is 5.18. The third kappa shape index (κ3) is 1.79. The zero-order valence-electron chi connectivity index (χ0n) is 12.3. The Balaban J connectivity index is 1.53. The van der Waals surface area contributed by atoms with E-state index in [1.54, 1.807) is 0 Å². The molecule has 4 aliphatic rings. The fourth-order valence-electron chi connectivity index (χ4n) is 3.95. The number of nitrogens with one attached hydrogen (secondary N) is 1. The van der Waals surface area contributed by atoms with Crippen molar-refractivity contribution in [2.24, 2.45) is 10.9 Å². The predicted molar refractivity (Wildman–Crippen MR) is 84.4 cm³/mol. The number of hydrogen-bond acceptors (Lipinski definition) is 5. The Hall–Kier alpha value is -1.98. The summed E-state index contributed by atoms with van der Waals surface area (Å²) in [6, 6.07) is 10.3. The number of hydrogen-bond donors (Lipinski definition) is 1. The van der Waals surface area contributed by atoms with Crippen LogP contribution in [-0.2, 0) is 4.84 Å². The molecule has 4 aliphatic heterocycles. The standard InChI is InChI=1S/C17H18N4O/c1-2-12-10-13(3-4-15(12)18-7-1)16-19-17(22-20-16)11-21-8-5-14(17)6-9-21/h1-4,7,10,14H,5-6,8-9,11H2,(H,19,20)/t17-/m1/s1. The van der Waals surface area contributed by atoms with Gasteiger partial charge < -0.3 is 0 Å². The highest BCUT2D eigenvalue weighted by Crippen LogP contribution is 2.40. The Morgan fingerprint density at radius 2 is 2.14 bits per heavy atom. The van der Waals surface area contributed by atoms with E-state index in [0.717, 1.165) is 28.8 Å². The van der Waals surface area contributed by atoms with Crippen LogP contribution in [0.25, 0.3) is 10.9 Å². The minimum absolute atomic E-state index is 0.379. The molecule has 0 saturated carbocycles. The number of benzene rings is 1. The van der Waals surface area contributed by atoms with Crippen LogP contribution in [0.1, 0.15) is 18.4 Å². The Kier molecular flexibility index (Phi) is 2.57. The van der Waals surface area contributed by atoms with E-state index in [-0.39, 0.29) is 5.72 Å². The largest absolute Gasteiger partial charge is 0.298 e. The van der Waals surface area contributed by atoms with Crippen LogP contribution in [-0.4, -0.2) is 41.1 Å². The van der Waals surface area contributed by atoms with Crippen molar-refractivity contribution in [1.29, 1.82) is 0 Å². The SMILES string of the molecule is c1cnc2ccc(C3=N[C@]4(CN5CCC4CC5)ON3)cc2c1. The number of fused-ring (bicyclic) bond motifs is 3. The predicted octanol–water partition coefficient (Wildman–Crippen LogP) is 1.94. The first kappa shape index (κ1) is 12.6. The zero-order chi connectivity index (χ0) is 14.6. The number of nitrogens with zero attached hydrogens (tertiary/aromatic N) is 3. The maximum atomic E-state index is 5.98. The van der Waals surface area contributed by atoms with Crippen LogP contribution in [0.15, 0.2) is 41.5 Å². The van der Waals surface area contributed by atoms with Gasteiger partial charge in [-0.3, -0.25) is 9.88 Å². The summed E-state index contributed by atoms with van der Waals surface area (Å²) >= 11 is 0. The smallest absolute Gasteiger partial charge is 0.202 e. The van der Waals surface area contributed by atoms with E-state index in [0.29, 0.717) is 5.92 Å². The van der Waals surface area contributed by atoms with Gasteiger partial charge in [0.15, 0.2) is 5.84 Å². The van der Waals surface area contributed by atoms with Crippen LogP contribution in [0.5, 0.6) is 0 Å². The molecule has 1 atom stereocenters. The van der Waals surface area contributed by atoms with Crippen LogP contribution in [0.4, 0.5) is 0 Å². The summed E-state index contributed by atoms with van der Waals surface area (Å²) in [4.78, 5) is 17.8. The number of hydroxylamine groups is 1. The van der Waals surface area contributed by atoms with Gasteiger partial charge in [0.2, 0.25) is 5.72 Å². The van der Waals surface area contributed by atoms with Crippen LogP contribution < -0.4 is 5.48 Å². The molecule has 5 nitrogen and oxygen atoms in total. The van der Waals surface area contributed by atoms with Gasteiger partial charge in [0.05, 0.1) is 12.1 Å². The summed E-state index contributed by atoms with van der Waals surface area (Å²) < 4.78 is 0. The lowest BCUT2D eigenvalue weighted by molar-refractivity contribution is -0.155. The first-order valence-electron chi connectivity index (χ1n) is 7.94. The van der Waals surface area contributed by atoms with E-state index in [2.05, 4.69) is 33.6 Å². The number of amidine groups is 1. The summed E-state index contributed by atoms with van der Waals surface area (Å²) in [6.45, 7) is 3.27. The summed E-state index contributed by atoms with van der Waals surface area (Å²) in [5.74, 6) is 1.38. The molecular weight excluding hydrogens is 276 g/mol. The lowest BCUT2D eigenvalue weighted by atomic mass is 9.81. The Morgan fingerprint density at radius 1 is 1.23 bits per heavy atom. The van der Waals surface area contributed by atoms with Gasteiger partial charge in [-0.2, -0.15) is 0 Å². The molecule has 1 spiro atoms. The molecule has 0 amide bonds. The van der Waals surface area contributed by atoms with Gasteiger partial charge in [-0.15, -0.1) is 0 Å². The number of pyridine rings is 1. The second kappa shape index (κ2) is 4.51. The van der Waals surface area contributed by atoms with Gasteiger partial charge in [0.1, 0.15) is 0 Å². The molecule has 1 N–H and O–H groups in total. The first-order chi connectivity index (χ1) is 10.8. The Labute approximate surface area is 129 Å². The molecule has 0 aliphatic carbocycles. The molecule has 0 radical (unpaired) electrons. The van der Waals surface area contributed by atoms with Crippen molar-refractivity contribution in [3.05, 3.63) is 42.1 Å². The second-order valence-electron chi connectivity index (χ2n) is 6.47. The van der Waals surface area contributed by atoms with E-state index in [9.17, 15) is 0 Å². The van der Waals surface area contributed by atoms with Crippen molar-refractivity contribution in [2.75, 3.05) is 19.6 Å². The van der Waals surface area contributed by atoms with E-state index < -0.39 is 0 Å². The highest BCUT2D eigenvalue weighted by atomic mass is 16.7. The molecule has 3 fully saturated rings. The lowest BCUT2D eigenvalue weighted by Gasteiger charge is -2.47. The third-order valence-corrected chi connectivity index (χ3v) is 5.18. The van der Waals surface area contributed by atoms with E-state index >= 15 is 0 Å². The van der Waals surface area contributed by atoms with Crippen molar-refractivity contribution in [2.45, 2.75) is 18.6 Å². The molecule has 3 saturated heterocycles. The summed E-state index contributed by atoms with van der Waals surface area (Å²) in [5.41, 5.74) is 4.77. The minimum atomic E-state index is -0.379. The van der Waals surface area contributed by atoms with Crippen molar-refractivity contribution >= 4 is 16.7 Å². The molecule has 1 aromatic carbocycles. The van der Waals surface area contributed by atoms with Crippen molar-refractivity contribution in [3.8, 4) is 0 Å². The molecule has 5 heteroatoms. The van der Waals surface area contributed by atoms with Gasteiger partial charge in [0.25, 0.3) is 0 Å². The summed E-state index contributed by atoms with van der Waals surface area (Å²) in [7, 11) is 0. The fraction of sp³-hybridized carbons (Fsp3) is 0.412. The normalized spacial score (nSPS) is 33.2. The number of piperidine rings is 3. The Bertz CT molecular complexity index is 766. The maximum absolute atomic E-state index is 5.98. The van der Waals surface area contributed by atoms with Crippen LogP contribution in [0.3, 0.4) is 0 Å². The molecule has 2 bridgehead atoms. The van der Waals surface area contributed by atoms with E-state index in [1.807, 2.05) is 18.3 Å². The summed E-state index contributed by atoms with van der Waals surface area (Å²) in [5, 5.41) is 1.12. The molecule has 1 aromatic heterocycles. The van der Waals surface area contributed by atoms with Crippen molar-refractivity contribution < 1.29 is 4.84 Å². The van der Waals surface area contributed by atoms with Crippen LogP contribution >= 0.6 is 0 Å². The van der Waals surface area contributed by atoms with Gasteiger partial charge >= 0.3 is 0 Å². The van der Waals surface area contributed by atoms with Gasteiger partial charge in [-0.25, -0.2) is 15.3 Å². The van der Waals surface area contributed by atoms with Crippen LogP contribution in [0.2, 0.25) is 0 Å². The average Bonchev–Trinajstić information content (AvgIpc) is 2.99. The molecular formula is C17H18N4O. The lowest BCUT2D eigenvalue weighted by Crippen LogP contribution is -2.58. The van der Waals surface area contributed by atoms with E-state index in [1.165, 1.54) is 25.9 Å². The number of rotatable bonds is 1. The quantitative estimate of drug-likeness (QED) is 0.873. The average molecular weight is 294 g/mol. The fourth-order valence-corrected chi connectivity index (χ4v) is 3.95. The minimum Gasteiger partial charge on any atom is -0.298 e. The monoisotopic (exact) mass is 294 g/mol. The molecule has 22 heavy (non-hydrogen) atoms. The zero-order valence-corrected chi connectivity index (χ0v) is 12.3. The topological polar surface area (TPSA) is 49.8 Å². The highest BCUT2D eigenvalue weighted by molar-refractivity contribution is 6.01. The second-order valence-corrected chi connectivity index (χ2v) is 6.47. The molecule has 2 aromatic rings. The highest BCUT2D eigenvalue weighted by Gasteiger charge is 2.51. The molecule has 0 unspecified atom stereocenters. The van der Waals surface area contributed by atoms with Crippen molar-refractivity contribution in [1.82, 2.24) is 15.4 Å². The van der Waals surface area contributed by atoms with E-state index in [4.69, 9.17) is 9.83 Å². The molecule has 112 valence electrons. The maximum Gasteiger partial charge on any atom is 0.202 e. The molecule has 6 rings (SSSR count). The number of aliphatic imine (C=N–C) groups is 1. The first-order valence-corrected chi connectivity index (χ1v) is 7.94.